The quantitative estimate of drug-likeness (QED) is 0.790. The number of carbonyl (C=O) groups is 1. The highest BCUT2D eigenvalue weighted by molar-refractivity contribution is 6.31. The Kier molecular flexibility index (Phi) is 2.48. The number of hydrogen-bond acceptors (Lipinski definition) is 2. The van der Waals surface area contributed by atoms with E-state index in [2.05, 4.69) is 5.32 Å². The molecule has 1 heterocycles. The van der Waals surface area contributed by atoms with E-state index in [1.54, 1.807) is 0 Å². The van der Waals surface area contributed by atoms with Crippen LogP contribution in [0, 0.1) is 0 Å². The Balaban J connectivity index is 2.70. The maximum atomic E-state index is 11.8. The number of anilines is 1. The maximum Gasteiger partial charge on any atom is 0.234 e. The van der Waals surface area contributed by atoms with E-state index in [9.17, 15) is 4.79 Å². The molecule has 3 N–H and O–H groups in total. The van der Waals surface area contributed by atoms with Crippen molar-refractivity contribution in [1.29, 1.82) is 0 Å². The summed E-state index contributed by atoms with van der Waals surface area (Å²) in [6.07, 6.45) is 0. The molecule has 86 valence electrons. The summed E-state index contributed by atoms with van der Waals surface area (Å²) in [5, 5.41) is 3.51. The molecular weight excluding hydrogens is 224 g/mol. The van der Waals surface area contributed by atoms with Crippen LogP contribution < -0.4 is 11.1 Å². The first-order chi connectivity index (χ1) is 7.34. The molecule has 1 atom stereocenters. The second-order valence-electron chi connectivity index (χ2n) is 4.79. The average molecular weight is 239 g/mol. The molecule has 0 saturated carbocycles. The molecule has 1 aromatic rings. The summed E-state index contributed by atoms with van der Waals surface area (Å²) < 4.78 is 0. The Morgan fingerprint density at radius 2 is 2.06 bits per heavy atom. The van der Waals surface area contributed by atoms with E-state index in [0.717, 1.165) is 16.8 Å². The van der Waals surface area contributed by atoms with E-state index in [1.807, 2.05) is 32.9 Å². The van der Waals surface area contributed by atoms with Gasteiger partial charge in [-0.15, -0.1) is 0 Å². The van der Waals surface area contributed by atoms with Gasteiger partial charge in [-0.05, 0) is 44.0 Å². The first-order valence-corrected chi connectivity index (χ1v) is 5.63. The molecule has 0 aromatic heterocycles. The molecule has 0 radical (unpaired) electrons. The molecule has 1 unspecified atom stereocenters. The van der Waals surface area contributed by atoms with Crippen molar-refractivity contribution in [2.24, 2.45) is 5.73 Å². The van der Waals surface area contributed by atoms with Gasteiger partial charge in [0.25, 0.3) is 0 Å². The molecule has 1 aliphatic rings. The van der Waals surface area contributed by atoms with Crippen LogP contribution in [0.5, 0.6) is 0 Å². The summed E-state index contributed by atoms with van der Waals surface area (Å²) in [6, 6.07) is 3.49. The zero-order valence-electron chi connectivity index (χ0n) is 9.60. The normalized spacial score (nSPS) is 19.2. The van der Waals surface area contributed by atoms with Crippen LogP contribution in [0.4, 0.5) is 5.69 Å². The number of nitrogens with one attached hydrogen (secondary N) is 1. The van der Waals surface area contributed by atoms with Crippen molar-refractivity contribution in [3.63, 3.8) is 0 Å². The minimum atomic E-state index is -0.538. The van der Waals surface area contributed by atoms with Gasteiger partial charge in [0.1, 0.15) is 0 Å². The van der Waals surface area contributed by atoms with E-state index in [1.165, 1.54) is 0 Å². The largest absolute Gasteiger partial charge is 0.325 e. The van der Waals surface area contributed by atoms with E-state index >= 15 is 0 Å². The maximum absolute atomic E-state index is 11.8. The summed E-state index contributed by atoms with van der Waals surface area (Å²) in [7, 11) is 0. The Bertz CT molecular complexity index is 466. The molecule has 0 fully saturated rings. The van der Waals surface area contributed by atoms with Crippen LogP contribution in [0.1, 0.15) is 37.9 Å². The van der Waals surface area contributed by atoms with Crippen LogP contribution in [0.25, 0.3) is 0 Å². The minimum absolute atomic E-state index is 0.00772. The highest BCUT2D eigenvalue weighted by Crippen LogP contribution is 2.42. The lowest BCUT2D eigenvalue weighted by Gasteiger charge is -2.17. The Hall–Kier alpha value is -1.06. The fraction of sp³-hybridized carbons (Fsp3) is 0.417. The fourth-order valence-electron chi connectivity index (χ4n) is 2.01. The van der Waals surface area contributed by atoms with Crippen molar-refractivity contribution < 1.29 is 4.79 Å². The molecule has 0 saturated heterocycles. The van der Waals surface area contributed by atoms with Crippen LogP contribution >= 0.6 is 11.6 Å². The predicted molar refractivity (Wildman–Crippen MR) is 65.7 cm³/mol. The Labute approximate surface area is 100.0 Å². The molecular formula is C12H15ClN2O. The number of benzene rings is 1. The third-order valence-corrected chi connectivity index (χ3v) is 3.32. The second-order valence-corrected chi connectivity index (χ2v) is 5.22. The molecule has 2 rings (SSSR count). The van der Waals surface area contributed by atoms with Gasteiger partial charge in [0.2, 0.25) is 5.91 Å². The number of carbonyl (C=O) groups excluding carboxylic acids is 1. The van der Waals surface area contributed by atoms with E-state index < -0.39 is 5.41 Å². The van der Waals surface area contributed by atoms with Gasteiger partial charge in [-0.2, -0.15) is 0 Å². The highest BCUT2D eigenvalue weighted by atomic mass is 35.5. The third-order valence-electron chi connectivity index (χ3n) is 3.10. The van der Waals surface area contributed by atoms with E-state index in [4.69, 9.17) is 17.3 Å². The summed E-state index contributed by atoms with van der Waals surface area (Å²) in [4.78, 5) is 11.8. The van der Waals surface area contributed by atoms with Crippen molar-refractivity contribution in [3.05, 3.63) is 28.3 Å². The number of nitrogens with two attached hydrogens (primary N) is 1. The van der Waals surface area contributed by atoms with Gasteiger partial charge in [0.15, 0.2) is 0 Å². The summed E-state index contributed by atoms with van der Waals surface area (Å²) in [5.74, 6) is -0.00772. The second kappa shape index (κ2) is 3.47. The summed E-state index contributed by atoms with van der Waals surface area (Å²) in [5.41, 5.74) is 7.99. The van der Waals surface area contributed by atoms with E-state index in [-0.39, 0.29) is 11.9 Å². The molecule has 1 amide bonds. The standard InChI is InChI=1S/C12H15ClN2O/c1-6(14)8-4-7(13)5-9-10(8)15-11(16)12(9,2)3/h4-6H,14H2,1-3H3,(H,15,16). The summed E-state index contributed by atoms with van der Waals surface area (Å²) >= 11 is 6.05. The lowest BCUT2D eigenvalue weighted by atomic mass is 9.85. The number of fused-ring (bicyclic) bond motifs is 1. The molecule has 3 nitrogen and oxygen atoms in total. The topological polar surface area (TPSA) is 55.1 Å². The Morgan fingerprint density at radius 1 is 1.44 bits per heavy atom. The van der Waals surface area contributed by atoms with Crippen molar-refractivity contribution in [2.45, 2.75) is 32.2 Å². The molecule has 1 aromatic carbocycles. The molecule has 0 bridgehead atoms. The number of hydrogen-bond donors (Lipinski definition) is 2. The first kappa shape index (κ1) is 11.4. The number of rotatable bonds is 1. The van der Waals surface area contributed by atoms with Crippen LogP contribution in [0.15, 0.2) is 12.1 Å². The smallest absolute Gasteiger partial charge is 0.234 e. The lowest BCUT2D eigenvalue weighted by molar-refractivity contribution is -0.119. The predicted octanol–water partition coefficient (Wildman–Crippen LogP) is 2.59. The Morgan fingerprint density at radius 3 is 2.62 bits per heavy atom. The average Bonchev–Trinajstić information content (AvgIpc) is 2.39. The van der Waals surface area contributed by atoms with Crippen molar-refractivity contribution >= 4 is 23.2 Å². The zero-order valence-corrected chi connectivity index (χ0v) is 10.4. The highest BCUT2D eigenvalue weighted by Gasteiger charge is 2.40. The van der Waals surface area contributed by atoms with Crippen LogP contribution in [-0.4, -0.2) is 5.91 Å². The number of halogens is 1. The van der Waals surface area contributed by atoms with Crippen LogP contribution in [-0.2, 0) is 10.2 Å². The molecule has 0 aliphatic carbocycles. The van der Waals surface area contributed by atoms with Gasteiger partial charge in [-0.1, -0.05) is 11.6 Å². The van der Waals surface area contributed by atoms with Crippen LogP contribution in [0.3, 0.4) is 0 Å². The van der Waals surface area contributed by atoms with Gasteiger partial charge in [0.05, 0.1) is 5.41 Å². The zero-order chi connectivity index (χ0) is 12.1. The lowest BCUT2D eigenvalue weighted by Crippen LogP contribution is -2.26. The van der Waals surface area contributed by atoms with Gasteiger partial charge in [0, 0.05) is 16.8 Å². The molecule has 0 spiro atoms. The molecule has 16 heavy (non-hydrogen) atoms. The van der Waals surface area contributed by atoms with Crippen molar-refractivity contribution in [2.75, 3.05) is 5.32 Å². The van der Waals surface area contributed by atoms with Gasteiger partial charge in [-0.25, -0.2) is 0 Å². The van der Waals surface area contributed by atoms with Gasteiger partial charge < -0.3 is 11.1 Å². The fourth-order valence-corrected chi connectivity index (χ4v) is 2.24. The van der Waals surface area contributed by atoms with Gasteiger partial charge in [-0.3, -0.25) is 4.79 Å². The van der Waals surface area contributed by atoms with Gasteiger partial charge >= 0.3 is 0 Å². The molecule has 1 aliphatic heterocycles. The third kappa shape index (κ3) is 1.51. The van der Waals surface area contributed by atoms with E-state index in [0.29, 0.717) is 5.02 Å². The summed E-state index contributed by atoms with van der Waals surface area (Å²) in [6.45, 7) is 5.65. The minimum Gasteiger partial charge on any atom is -0.325 e. The number of amides is 1. The van der Waals surface area contributed by atoms with Crippen molar-refractivity contribution in [3.8, 4) is 0 Å². The monoisotopic (exact) mass is 238 g/mol. The SMILES string of the molecule is CC(N)c1cc(Cl)cc2c1NC(=O)C2(C)C. The van der Waals surface area contributed by atoms with Crippen molar-refractivity contribution in [1.82, 2.24) is 0 Å². The first-order valence-electron chi connectivity index (χ1n) is 5.25. The molecule has 4 heteroatoms. The van der Waals surface area contributed by atoms with Crippen LogP contribution in [0.2, 0.25) is 5.02 Å².